The highest BCUT2D eigenvalue weighted by Gasteiger charge is 2.33. The highest BCUT2D eigenvalue weighted by atomic mass is 16.7. The van der Waals surface area contributed by atoms with Crippen molar-refractivity contribution < 1.29 is 18.7 Å². The molecule has 0 aliphatic carbocycles. The predicted octanol–water partition coefficient (Wildman–Crippen LogP) is 1.80. The van der Waals surface area contributed by atoms with Gasteiger partial charge in [0.25, 0.3) is 0 Å². The Morgan fingerprint density at radius 2 is 1.95 bits per heavy atom. The first-order chi connectivity index (χ1) is 10.5. The molecule has 1 aromatic heterocycles. The molecular formula is C16H17NO5. The largest absolute Gasteiger partial charge is 0.422 e. The third-order valence-corrected chi connectivity index (χ3v) is 3.74. The third-order valence-electron chi connectivity index (χ3n) is 3.74. The molecule has 0 saturated carbocycles. The molecular weight excluding hydrogens is 286 g/mol. The Morgan fingerprint density at radius 1 is 1.27 bits per heavy atom. The van der Waals surface area contributed by atoms with Crippen molar-refractivity contribution in [3.8, 4) is 0 Å². The average Bonchev–Trinajstić information content (AvgIpc) is 2.91. The van der Waals surface area contributed by atoms with E-state index in [9.17, 15) is 9.59 Å². The molecule has 6 heteroatoms. The Kier molecular flexibility index (Phi) is 3.72. The molecule has 22 heavy (non-hydrogen) atoms. The lowest BCUT2D eigenvalue weighted by molar-refractivity contribution is -0.133. The molecule has 0 unspecified atom stereocenters. The van der Waals surface area contributed by atoms with Crippen LogP contribution in [0.2, 0.25) is 0 Å². The summed E-state index contributed by atoms with van der Waals surface area (Å²) < 4.78 is 16.4. The van der Waals surface area contributed by atoms with Gasteiger partial charge in [-0.25, -0.2) is 4.79 Å². The summed E-state index contributed by atoms with van der Waals surface area (Å²) in [4.78, 5) is 25.2. The van der Waals surface area contributed by atoms with Crippen LogP contribution in [0.25, 0.3) is 11.0 Å². The number of likely N-dealkylation sites (N-methyl/N-ethyl adjacent to an activating group) is 1. The number of hydrogen-bond donors (Lipinski definition) is 0. The van der Waals surface area contributed by atoms with Gasteiger partial charge in [-0.15, -0.1) is 0 Å². The van der Waals surface area contributed by atoms with Crippen molar-refractivity contribution in [2.24, 2.45) is 0 Å². The van der Waals surface area contributed by atoms with Crippen LogP contribution in [0, 0.1) is 0 Å². The zero-order valence-electron chi connectivity index (χ0n) is 12.5. The van der Waals surface area contributed by atoms with Crippen molar-refractivity contribution in [1.29, 1.82) is 0 Å². The van der Waals surface area contributed by atoms with Crippen molar-refractivity contribution in [3.63, 3.8) is 0 Å². The number of hydrogen-bond acceptors (Lipinski definition) is 6. The van der Waals surface area contributed by atoms with Gasteiger partial charge >= 0.3 is 5.63 Å². The molecule has 1 saturated heterocycles. The number of anilines is 1. The van der Waals surface area contributed by atoms with Gasteiger partial charge in [0.2, 0.25) is 0 Å². The summed E-state index contributed by atoms with van der Waals surface area (Å²) in [5.41, 5.74) is 0.331. The second-order valence-corrected chi connectivity index (χ2v) is 5.45. The zero-order chi connectivity index (χ0) is 15.7. The monoisotopic (exact) mass is 303 g/mol. The summed E-state index contributed by atoms with van der Waals surface area (Å²) in [7, 11) is 1.80. The van der Waals surface area contributed by atoms with Gasteiger partial charge in [0.05, 0.1) is 25.4 Å². The molecule has 0 radical (unpaired) electrons. The normalized spacial score (nSPS) is 16.8. The average molecular weight is 303 g/mol. The van der Waals surface area contributed by atoms with E-state index in [1.807, 2.05) is 19.1 Å². The molecule has 0 bridgehead atoms. The molecule has 6 nitrogen and oxygen atoms in total. The summed E-state index contributed by atoms with van der Waals surface area (Å²) in [5, 5.41) is 0.702. The Morgan fingerprint density at radius 3 is 2.64 bits per heavy atom. The second kappa shape index (κ2) is 5.55. The minimum absolute atomic E-state index is 0.00259. The van der Waals surface area contributed by atoms with Gasteiger partial charge in [0.1, 0.15) is 11.1 Å². The Balaban J connectivity index is 2.11. The highest BCUT2D eigenvalue weighted by Crippen LogP contribution is 2.30. The van der Waals surface area contributed by atoms with Crippen molar-refractivity contribution in [2.75, 3.05) is 31.7 Å². The lowest BCUT2D eigenvalue weighted by Crippen LogP contribution is -2.40. The van der Waals surface area contributed by atoms with E-state index in [4.69, 9.17) is 13.9 Å². The summed E-state index contributed by atoms with van der Waals surface area (Å²) in [6, 6.07) is 7.13. The molecule has 116 valence electrons. The first kappa shape index (κ1) is 14.7. The van der Waals surface area contributed by atoms with Crippen LogP contribution in [0.3, 0.4) is 0 Å². The quantitative estimate of drug-likeness (QED) is 0.634. The molecule has 3 rings (SSSR count). The van der Waals surface area contributed by atoms with Gasteiger partial charge < -0.3 is 18.8 Å². The number of fused-ring (bicyclic) bond motifs is 1. The van der Waals surface area contributed by atoms with Gasteiger partial charge in [0.15, 0.2) is 12.1 Å². The first-order valence-corrected chi connectivity index (χ1v) is 7.04. The van der Waals surface area contributed by atoms with E-state index >= 15 is 0 Å². The van der Waals surface area contributed by atoms with E-state index in [1.165, 1.54) is 0 Å². The van der Waals surface area contributed by atoms with Crippen molar-refractivity contribution in [2.45, 2.75) is 12.7 Å². The number of benzene rings is 1. The van der Waals surface area contributed by atoms with Crippen LogP contribution in [0.4, 0.5) is 5.69 Å². The Hall–Kier alpha value is -2.18. The van der Waals surface area contributed by atoms with E-state index in [1.54, 1.807) is 24.1 Å². The van der Waals surface area contributed by atoms with Gasteiger partial charge in [0, 0.05) is 12.4 Å². The van der Waals surface area contributed by atoms with Crippen LogP contribution in [0.1, 0.15) is 17.3 Å². The highest BCUT2D eigenvalue weighted by molar-refractivity contribution is 5.99. The Bertz CT molecular complexity index is 761. The van der Waals surface area contributed by atoms with E-state index in [-0.39, 0.29) is 5.56 Å². The third kappa shape index (κ3) is 2.51. The minimum Gasteiger partial charge on any atom is -0.422 e. The number of ether oxygens (including phenoxy) is 2. The first-order valence-electron chi connectivity index (χ1n) is 7.04. The van der Waals surface area contributed by atoms with Crippen LogP contribution in [0.5, 0.6) is 0 Å². The number of carbonyl (C=O) groups is 1. The van der Waals surface area contributed by atoms with Gasteiger partial charge in [-0.05, 0) is 19.1 Å². The lowest BCUT2D eigenvalue weighted by Gasteiger charge is -2.30. The number of aldehydes is 1. The predicted molar refractivity (Wildman–Crippen MR) is 81.5 cm³/mol. The van der Waals surface area contributed by atoms with Gasteiger partial charge in [-0.3, -0.25) is 4.79 Å². The fourth-order valence-electron chi connectivity index (χ4n) is 2.82. The van der Waals surface area contributed by atoms with Crippen molar-refractivity contribution in [1.82, 2.24) is 0 Å². The van der Waals surface area contributed by atoms with Crippen LogP contribution in [-0.4, -0.2) is 38.9 Å². The van der Waals surface area contributed by atoms with Gasteiger partial charge in [-0.2, -0.15) is 0 Å². The molecule has 1 aliphatic heterocycles. The van der Waals surface area contributed by atoms with Crippen LogP contribution in [-0.2, 0) is 9.47 Å². The molecule has 0 spiro atoms. The maximum absolute atomic E-state index is 12.0. The van der Waals surface area contributed by atoms with Crippen LogP contribution < -0.4 is 10.5 Å². The molecule has 2 aromatic rings. The SMILES string of the molecule is CN(CC1(C)OCCO1)c1c(C=O)c(=O)oc2ccccc12. The lowest BCUT2D eigenvalue weighted by atomic mass is 10.1. The molecule has 0 N–H and O–H groups in total. The molecule has 2 heterocycles. The van der Waals surface area contributed by atoms with E-state index in [2.05, 4.69) is 0 Å². The Labute approximate surface area is 127 Å². The standard InChI is InChI=1S/C16H17NO5/c1-16(20-7-8-21-16)10-17(2)14-11-5-3-4-6-13(11)22-15(19)12(14)9-18/h3-6,9H,7-8,10H2,1-2H3. The maximum Gasteiger partial charge on any atom is 0.349 e. The summed E-state index contributed by atoms with van der Waals surface area (Å²) in [5.74, 6) is -0.758. The number of carbonyl (C=O) groups excluding carboxylic acids is 1. The summed E-state index contributed by atoms with van der Waals surface area (Å²) in [6.07, 6.45) is 0.531. The molecule has 0 amide bonds. The van der Waals surface area contributed by atoms with Gasteiger partial charge in [-0.1, -0.05) is 12.1 Å². The van der Waals surface area contributed by atoms with Crippen LogP contribution in [0.15, 0.2) is 33.5 Å². The summed E-state index contributed by atoms with van der Waals surface area (Å²) >= 11 is 0. The zero-order valence-corrected chi connectivity index (χ0v) is 12.5. The van der Waals surface area contributed by atoms with Crippen molar-refractivity contribution >= 4 is 22.9 Å². The van der Waals surface area contributed by atoms with E-state index in [0.717, 1.165) is 0 Å². The van der Waals surface area contributed by atoms with Crippen LogP contribution >= 0.6 is 0 Å². The van der Waals surface area contributed by atoms with Crippen molar-refractivity contribution in [3.05, 3.63) is 40.2 Å². The number of rotatable bonds is 4. The number of nitrogens with zero attached hydrogens (tertiary/aromatic N) is 1. The molecule has 1 aliphatic rings. The topological polar surface area (TPSA) is 69.0 Å². The second-order valence-electron chi connectivity index (χ2n) is 5.45. The number of para-hydroxylation sites is 1. The molecule has 0 atom stereocenters. The fraction of sp³-hybridized carbons (Fsp3) is 0.375. The maximum atomic E-state index is 12.0. The van der Waals surface area contributed by atoms with E-state index in [0.29, 0.717) is 42.7 Å². The smallest absolute Gasteiger partial charge is 0.349 e. The molecule has 1 fully saturated rings. The summed E-state index contributed by atoms with van der Waals surface area (Å²) in [6.45, 7) is 3.29. The van der Waals surface area contributed by atoms with E-state index < -0.39 is 11.4 Å². The molecule has 1 aromatic carbocycles. The fourth-order valence-corrected chi connectivity index (χ4v) is 2.82. The minimum atomic E-state index is -0.758.